The number of carboxylic acid groups (broad SMARTS) is 2. The largest absolute Gasteiger partial charge is 0.481 e. The molecule has 2 rings (SSSR count). The molecule has 2 amide bonds. The number of aromatic amines is 1. The normalized spacial score (nSPS) is 11.0. The fraction of sp³-hybridized carbons (Fsp3) is 0.235. The van der Waals surface area contributed by atoms with Gasteiger partial charge in [0.05, 0.1) is 23.9 Å². The first-order chi connectivity index (χ1) is 14.6. The number of hydrogen-bond donors (Lipinski definition) is 7. The Kier molecular flexibility index (Phi) is 9.09. The highest BCUT2D eigenvalue weighted by Crippen LogP contribution is 2.10. The highest BCUT2D eigenvalue weighted by Gasteiger charge is 2.22. The Morgan fingerprint density at radius 1 is 1.16 bits per heavy atom. The van der Waals surface area contributed by atoms with E-state index in [9.17, 15) is 24.0 Å². The molecule has 1 atom stereocenters. The van der Waals surface area contributed by atoms with Gasteiger partial charge >= 0.3 is 11.9 Å². The van der Waals surface area contributed by atoms with Gasteiger partial charge in [-0.05, 0) is 18.6 Å². The van der Waals surface area contributed by atoms with Gasteiger partial charge in [-0.25, -0.2) is 9.78 Å². The number of aromatic nitrogens is 3. The maximum absolute atomic E-state index is 12.1. The number of H-pyrrole nitrogens is 1. The fourth-order valence-corrected chi connectivity index (χ4v) is 2.43. The van der Waals surface area contributed by atoms with Crippen molar-refractivity contribution in [2.24, 2.45) is 0 Å². The predicted octanol–water partition coefficient (Wildman–Crippen LogP) is -1.02. The number of nitrogens with one attached hydrogen (secondary N) is 3. The highest BCUT2D eigenvalue weighted by atomic mass is 35.5. The number of aliphatic carboxylic acids is 2. The number of carboxylic acids is 2. The van der Waals surface area contributed by atoms with E-state index in [1.165, 1.54) is 12.1 Å². The van der Waals surface area contributed by atoms with E-state index in [1.54, 1.807) is 0 Å². The third-order valence-electron chi connectivity index (χ3n) is 3.93. The molecular weight excluding hydrogens is 450 g/mol. The quantitative estimate of drug-likeness (QED) is 0.234. The summed E-state index contributed by atoms with van der Waals surface area (Å²) in [7, 11) is 0. The van der Waals surface area contributed by atoms with E-state index in [1.807, 2.05) is 0 Å². The summed E-state index contributed by atoms with van der Waals surface area (Å²) in [4.78, 5) is 67.6. The van der Waals surface area contributed by atoms with Gasteiger partial charge in [-0.3, -0.25) is 24.2 Å². The zero-order valence-corrected chi connectivity index (χ0v) is 17.1. The SMILES string of the molecule is Cl.Nc1nc(N)c(CC(=O)Nc2ccc(C(=O)NC(CCC(=O)O)C(=O)O)nc2)c(=O)[nH]1. The number of hydrogen-bond acceptors (Lipinski definition) is 9. The van der Waals surface area contributed by atoms with Crippen LogP contribution in [0.5, 0.6) is 0 Å². The van der Waals surface area contributed by atoms with E-state index >= 15 is 0 Å². The summed E-state index contributed by atoms with van der Waals surface area (Å²) >= 11 is 0. The second kappa shape index (κ2) is 11.3. The van der Waals surface area contributed by atoms with Crippen LogP contribution in [0.1, 0.15) is 28.9 Å². The molecule has 0 aromatic carbocycles. The summed E-state index contributed by atoms with van der Waals surface area (Å²) in [6.07, 6.45) is 0.0224. The lowest BCUT2D eigenvalue weighted by Crippen LogP contribution is -2.41. The van der Waals surface area contributed by atoms with Crippen molar-refractivity contribution in [2.45, 2.75) is 25.3 Å². The molecule has 2 heterocycles. The molecule has 0 aliphatic rings. The first kappa shape index (κ1) is 25.8. The van der Waals surface area contributed by atoms with E-state index in [2.05, 4.69) is 25.6 Å². The molecule has 0 bridgehead atoms. The van der Waals surface area contributed by atoms with E-state index in [0.717, 1.165) is 6.20 Å². The molecule has 32 heavy (non-hydrogen) atoms. The molecule has 0 fully saturated rings. The summed E-state index contributed by atoms with van der Waals surface area (Å²) in [6, 6.07) is 1.16. The Hall–Kier alpha value is -4.20. The number of carbonyl (C=O) groups excluding carboxylic acids is 2. The van der Waals surface area contributed by atoms with Crippen molar-refractivity contribution in [3.63, 3.8) is 0 Å². The van der Waals surface area contributed by atoms with Gasteiger partial charge in [-0.15, -0.1) is 12.4 Å². The molecule has 0 aliphatic carbocycles. The van der Waals surface area contributed by atoms with Crippen molar-refractivity contribution in [3.8, 4) is 0 Å². The smallest absolute Gasteiger partial charge is 0.326 e. The summed E-state index contributed by atoms with van der Waals surface area (Å²) < 4.78 is 0. The maximum Gasteiger partial charge on any atom is 0.326 e. The molecule has 0 saturated heterocycles. The van der Waals surface area contributed by atoms with Crippen LogP contribution >= 0.6 is 12.4 Å². The van der Waals surface area contributed by atoms with Crippen LogP contribution in [0.3, 0.4) is 0 Å². The summed E-state index contributed by atoms with van der Waals surface area (Å²) in [5, 5.41) is 22.4. The fourth-order valence-electron chi connectivity index (χ4n) is 2.43. The Bertz CT molecular complexity index is 1070. The standard InChI is InChI=1S/C17H19N7O7.ClH/c18-13-8(14(28)24-17(19)23-13)5-11(25)21-7-1-2-9(20-6-7)15(29)22-10(16(30)31)3-4-12(26)27;/h1-2,6,10H,3-5H2,(H,21,25)(H,22,29)(H,26,27)(H,30,31)(H5,18,19,23,24,28);1H. The molecular formula is C17H20ClN7O7. The highest BCUT2D eigenvalue weighted by molar-refractivity contribution is 5.96. The lowest BCUT2D eigenvalue weighted by molar-refractivity contribution is -0.140. The molecule has 172 valence electrons. The second-order valence-corrected chi connectivity index (χ2v) is 6.27. The lowest BCUT2D eigenvalue weighted by atomic mass is 10.1. The minimum Gasteiger partial charge on any atom is -0.481 e. The Labute approximate surface area is 185 Å². The minimum atomic E-state index is -1.40. The van der Waals surface area contributed by atoms with Gasteiger partial charge in [-0.2, -0.15) is 4.98 Å². The van der Waals surface area contributed by atoms with Crippen LogP contribution in [0.4, 0.5) is 17.5 Å². The number of nitrogen functional groups attached to an aromatic ring is 2. The third-order valence-corrected chi connectivity index (χ3v) is 3.93. The number of nitrogens with zero attached hydrogens (tertiary/aromatic N) is 2. The zero-order valence-electron chi connectivity index (χ0n) is 16.3. The summed E-state index contributed by atoms with van der Waals surface area (Å²) in [5.41, 5.74) is 10.3. The molecule has 1 unspecified atom stereocenters. The van der Waals surface area contributed by atoms with Crippen molar-refractivity contribution in [3.05, 3.63) is 39.9 Å². The molecule has 2 aromatic rings. The second-order valence-electron chi connectivity index (χ2n) is 6.27. The molecule has 9 N–H and O–H groups in total. The number of pyridine rings is 1. The van der Waals surface area contributed by atoms with Crippen LogP contribution in [-0.4, -0.2) is 55.0 Å². The van der Waals surface area contributed by atoms with Crippen molar-refractivity contribution in [1.82, 2.24) is 20.3 Å². The summed E-state index contributed by atoms with van der Waals surface area (Å²) in [5.74, 6) is -4.39. The van der Waals surface area contributed by atoms with Crippen molar-refractivity contribution >= 4 is 53.6 Å². The van der Waals surface area contributed by atoms with Gasteiger partial charge in [0.15, 0.2) is 0 Å². The molecule has 15 heteroatoms. The van der Waals surface area contributed by atoms with Gasteiger partial charge in [-0.1, -0.05) is 0 Å². The summed E-state index contributed by atoms with van der Waals surface area (Å²) in [6.45, 7) is 0. The number of rotatable bonds is 9. The van der Waals surface area contributed by atoms with Gasteiger partial charge in [0.2, 0.25) is 11.9 Å². The van der Waals surface area contributed by atoms with Gasteiger partial charge in [0, 0.05) is 6.42 Å². The van der Waals surface area contributed by atoms with Crippen LogP contribution < -0.4 is 27.7 Å². The monoisotopic (exact) mass is 469 g/mol. The molecule has 2 aromatic heterocycles. The minimum absolute atomic E-state index is 0. The van der Waals surface area contributed by atoms with Crippen LogP contribution in [0, 0.1) is 0 Å². The van der Waals surface area contributed by atoms with Crippen molar-refractivity contribution in [1.29, 1.82) is 0 Å². The Morgan fingerprint density at radius 3 is 2.38 bits per heavy atom. The molecule has 14 nitrogen and oxygen atoms in total. The van der Waals surface area contributed by atoms with Crippen LogP contribution in [0.25, 0.3) is 0 Å². The van der Waals surface area contributed by atoms with E-state index in [0.29, 0.717) is 0 Å². The first-order valence-electron chi connectivity index (χ1n) is 8.72. The maximum atomic E-state index is 12.1. The average molecular weight is 470 g/mol. The lowest BCUT2D eigenvalue weighted by Gasteiger charge is -2.13. The number of amides is 2. The first-order valence-corrected chi connectivity index (χ1v) is 8.72. The molecule has 0 spiro atoms. The van der Waals surface area contributed by atoms with Crippen molar-refractivity contribution < 1.29 is 29.4 Å². The van der Waals surface area contributed by atoms with Crippen LogP contribution in [-0.2, 0) is 20.8 Å². The molecule has 0 radical (unpaired) electrons. The molecule has 0 aliphatic heterocycles. The van der Waals surface area contributed by atoms with E-state index in [4.69, 9.17) is 21.7 Å². The predicted molar refractivity (Wildman–Crippen MR) is 113 cm³/mol. The van der Waals surface area contributed by atoms with E-state index in [-0.39, 0.29) is 54.0 Å². The number of halogens is 1. The average Bonchev–Trinajstić information content (AvgIpc) is 2.68. The van der Waals surface area contributed by atoms with Gasteiger partial charge in [0.25, 0.3) is 11.5 Å². The van der Waals surface area contributed by atoms with Crippen LogP contribution in [0.2, 0.25) is 0 Å². The van der Waals surface area contributed by atoms with Crippen molar-refractivity contribution in [2.75, 3.05) is 16.8 Å². The Morgan fingerprint density at radius 2 is 1.84 bits per heavy atom. The van der Waals surface area contributed by atoms with Gasteiger partial charge in [0.1, 0.15) is 17.6 Å². The topological polar surface area (TPSA) is 243 Å². The number of nitrogens with two attached hydrogens (primary N) is 2. The van der Waals surface area contributed by atoms with Crippen LogP contribution in [0.15, 0.2) is 23.1 Å². The van der Waals surface area contributed by atoms with Gasteiger partial charge < -0.3 is 32.3 Å². The zero-order chi connectivity index (χ0) is 23.1. The number of carbonyl (C=O) groups is 4. The van der Waals surface area contributed by atoms with E-state index < -0.39 is 41.8 Å². The third kappa shape index (κ3) is 7.24. The molecule has 0 saturated carbocycles. The number of anilines is 3. The Balaban J connectivity index is 0.00000512.